The summed E-state index contributed by atoms with van der Waals surface area (Å²) in [5.74, 6) is -0.719. The first-order valence-corrected chi connectivity index (χ1v) is 7.08. The summed E-state index contributed by atoms with van der Waals surface area (Å²) in [5.41, 5.74) is 0. The van der Waals surface area contributed by atoms with Crippen molar-refractivity contribution in [3.63, 3.8) is 0 Å². The Morgan fingerprint density at radius 2 is 2.00 bits per heavy atom. The average Bonchev–Trinajstić information content (AvgIpc) is 2.85. The Morgan fingerprint density at radius 3 is 2.40 bits per heavy atom. The van der Waals surface area contributed by atoms with E-state index in [0.717, 1.165) is 12.8 Å². The van der Waals surface area contributed by atoms with Gasteiger partial charge in [0.2, 0.25) is 0 Å². The molecule has 0 aromatic rings. The minimum absolute atomic E-state index is 0.0836. The third-order valence-corrected chi connectivity index (χ3v) is 3.35. The van der Waals surface area contributed by atoms with Crippen molar-refractivity contribution in [1.29, 1.82) is 0 Å². The molecule has 1 aliphatic rings. The fourth-order valence-corrected chi connectivity index (χ4v) is 2.01. The van der Waals surface area contributed by atoms with E-state index in [9.17, 15) is 13.2 Å². The lowest BCUT2D eigenvalue weighted by Crippen LogP contribution is -2.33. The van der Waals surface area contributed by atoms with E-state index in [-0.39, 0.29) is 12.2 Å². The Bertz CT molecular complexity index is 321. The summed E-state index contributed by atoms with van der Waals surface area (Å²) in [6, 6.07) is 0.408. The van der Waals surface area contributed by atoms with Crippen LogP contribution in [0.4, 0.5) is 0 Å². The number of hydrogen-bond acceptors (Lipinski definition) is 4. The molecule has 0 unspecified atom stereocenters. The fourth-order valence-electron chi connectivity index (χ4n) is 1.44. The lowest BCUT2D eigenvalue weighted by Gasteiger charge is -2.20. The van der Waals surface area contributed by atoms with E-state index in [1.165, 1.54) is 6.26 Å². The number of aliphatic carboxylic acids is 1. The third-order valence-electron chi connectivity index (χ3n) is 2.43. The molecular weight excluding hydrogens is 218 g/mol. The van der Waals surface area contributed by atoms with Gasteiger partial charge < -0.3 is 5.11 Å². The number of rotatable bonds is 7. The highest BCUT2D eigenvalue weighted by atomic mass is 32.2. The van der Waals surface area contributed by atoms with Crippen LogP contribution < -0.4 is 0 Å². The van der Waals surface area contributed by atoms with Gasteiger partial charge in [0.15, 0.2) is 0 Å². The van der Waals surface area contributed by atoms with Crippen molar-refractivity contribution in [2.75, 3.05) is 25.1 Å². The largest absolute Gasteiger partial charge is 0.481 e. The molecule has 1 N–H and O–H groups in total. The van der Waals surface area contributed by atoms with Crippen molar-refractivity contribution in [2.45, 2.75) is 25.3 Å². The van der Waals surface area contributed by atoms with Gasteiger partial charge >= 0.3 is 5.97 Å². The number of hydrogen-bond donors (Lipinski definition) is 1. The van der Waals surface area contributed by atoms with E-state index in [1.54, 1.807) is 0 Å². The Kier molecular flexibility index (Phi) is 4.10. The summed E-state index contributed by atoms with van der Waals surface area (Å²) in [6.45, 7) is 0.909. The van der Waals surface area contributed by atoms with Gasteiger partial charge in [-0.3, -0.25) is 9.69 Å². The first-order valence-electron chi connectivity index (χ1n) is 5.02. The maximum absolute atomic E-state index is 11.0. The molecule has 6 heteroatoms. The second kappa shape index (κ2) is 4.94. The number of carbonyl (C=O) groups is 1. The monoisotopic (exact) mass is 235 g/mol. The summed E-state index contributed by atoms with van der Waals surface area (Å²) >= 11 is 0. The Labute approximate surface area is 90.0 Å². The minimum atomic E-state index is -2.95. The maximum Gasteiger partial charge on any atom is 0.304 e. The number of carboxylic acids is 1. The van der Waals surface area contributed by atoms with E-state index in [4.69, 9.17) is 5.11 Å². The summed E-state index contributed by atoms with van der Waals surface area (Å²) in [7, 11) is -2.95. The summed E-state index contributed by atoms with van der Waals surface area (Å²) in [4.78, 5) is 12.4. The molecule has 15 heavy (non-hydrogen) atoms. The molecule has 0 saturated heterocycles. The van der Waals surface area contributed by atoms with Crippen LogP contribution in [0.3, 0.4) is 0 Å². The summed E-state index contributed by atoms with van der Waals surface area (Å²) in [6.07, 6.45) is 3.41. The SMILES string of the molecule is CS(=O)(=O)CCN(CCC(=O)O)C1CC1. The third kappa shape index (κ3) is 5.74. The van der Waals surface area contributed by atoms with E-state index in [2.05, 4.69) is 0 Å². The van der Waals surface area contributed by atoms with Crippen LogP contribution in [0.15, 0.2) is 0 Å². The van der Waals surface area contributed by atoms with Gasteiger partial charge in [-0.25, -0.2) is 8.42 Å². The number of carboxylic acid groups (broad SMARTS) is 1. The van der Waals surface area contributed by atoms with Crippen LogP contribution in [0.2, 0.25) is 0 Å². The van der Waals surface area contributed by atoms with Crippen LogP contribution in [0.25, 0.3) is 0 Å². The van der Waals surface area contributed by atoms with Gasteiger partial charge in [0.1, 0.15) is 9.84 Å². The van der Waals surface area contributed by atoms with E-state index in [0.29, 0.717) is 19.1 Å². The van der Waals surface area contributed by atoms with Gasteiger partial charge in [0.05, 0.1) is 12.2 Å². The minimum Gasteiger partial charge on any atom is -0.481 e. The predicted octanol–water partition coefficient (Wildman–Crippen LogP) is -0.0299. The van der Waals surface area contributed by atoms with E-state index >= 15 is 0 Å². The number of nitrogens with zero attached hydrogens (tertiary/aromatic N) is 1. The molecule has 0 spiro atoms. The van der Waals surface area contributed by atoms with Gasteiger partial charge in [-0.15, -0.1) is 0 Å². The fraction of sp³-hybridized carbons (Fsp3) is 0.889. The smallest absolute Gasteiger partial charge is 0.304 e. The predicted molar refractivity (Wildman–Crippen MR) is 56.6 cm³/mol. The van der Waals surface area contributed by atoms with Crippen molar-refractivity contribution in [2.24, 2.45) is 0 Å². The van der Waals surface area contributed by atoms with Gasteiger partial charge in [-0.05, 0) is 12.8 Å². The van der Waals surface area contributed by atoms with Crippen molar-refractivity contribution >= 4 is 15.8 Å². The van der Waals surface area contributed by atoms with Crippen molar-refractivity contribution < 1.29 is 18.3 Å². The maximum atomic E-state index is 11.0. The average molecular weight is 235 g/mol. The second-order valence-corrected chi connectivity index (χ2v) is 6.30. The molecule has 0 bridgehead atoms. The lowest BCUT2D eigenvalue weighted by atomic mass is 10.3. The molecule has 1 rings (SSSR count). The Morgan fingerprint density at radius 1 is 1.40 bits per heavy atom. The molecule has 0 aromatic carbocycles. The zero-order chi connectivity index (χ0) is 11.5. The molecule has 1 fully saturated rings. The first kappa shape index (κ1) is 12.4. The van der Waals surface area contributed by atoms with Crippen LogP contribution in [0.5, 0.6) is 0 Å². The second-order valence-electron chi connectivity index (χ2n) is 4.04. The Balaban J connectivity index is 2.34. The van der Waals surface area contributed by atoms with Gasteiger partial charge in [-0.2, -0.15) is 0 Å². The highest BCUT2D eigenvalue weighted by molar-refractivity contribution is 7.90. The van der Waals surface area contributed by atoms with Crippen LogP contribution in [-0.2, 0) is 14.6 Å². The molecule has 0 aliphatic heterocycles. The van der Waals surface area contributed by atoms with Crippen LogP contribution in [0, 0.1) is 0 Å². The summed E-state index contributed by atoms with van der Waals surface area (Å²) in [5, 5.41) is 8.55. The van der Waals surface area contributed by atoms with Crippen LogP contribution >= 0.6 is 0 Å². The normalized spacial score (nSPS) is 16.9. The molecular formula is C9H17NO4S. The molecule has 1 saturated carbocycles. The zero-order valence-electron chi connectivity index (χ0n) is 8.85. The topological polar surface area (TPSA) is 74.7 Å². The molecule has 0 amide bonds. The van der Waals surface area contributed by atoms with Crippen molar-refractivity contribution in [3.8, 4) is 0 Å². The summed E-state index contributed by atoms with van der Waals surface area (Å²) < 4.78 is 21.9. The Hall–Kier alpha value is -0.620. The quantitative estimate of drug-likeness (QED) is 0.670. The van der Waals surface area contributed by atoms with E-state index < -0.39 is 15.8 Å². The molecule has 0 radical (unpaired) electrons. The van der Waals surface area contributed by atoms with E-state index in [1.807, 2.05) is 4.90 Å². The van der Waals surface area contributed by atoms with Crippen molar-refractivity contribution in [1.82, 2.24) is 4.90 Å². The highest BCUT2D eigenvalue weighted by Gasteiger charge is 2.29. The molecule has 88 valence electrons. The van der Waals surface area contributed by atoms with Gasteiger partial charge in [0, 0.05) is 25.4 Å². The molecule has 0 aromatic heterocycles. The standard InChI is InChI=1S/C9H17NO4S/c1-15(13,14)7-6-10(8-2-3-8)5-4-9(11)12/h8H,2-7H2,1H3,(H,11,12). The van der Waals surface area contributed by atoms with Crippen LogP contribution in [-0.4, -0.2) is 55.5 Å². The highest BCUT2D eigenvalue weighted by Crippen LogP contribution is 2.26. The molecule has 5 nitrogen and oxygen atoms in total. The van der Waals surface area contributed by atoms with Gasteiger partial charge in [0.25, 0.3) is 0 Å². The molecule has 1 aliphatic carbocycles. The molecule has 0 heterocycles. The lowest BCUT2D eigenvalue weighted by molar-refractivity contribution is -0.137. The first-order chi connectivity index (χ1) is 6.88. The van der Waals surface area contributed by atoms with Crippen molar-refractivity contribution in [3.05, 3.63) is 0 Å². The number of sulfone groups is 1. The van der Waals surface area contributed by atoms with Gasteiger partial charge in [-0.1, -0.05) is 0 Å². The van der Waals surface area contributed by atoms with Crippen LogP contribution in [0.1, 0.15) is 19.3 Å². The molecule has 0 atom stereocenters. The zero-order valence-corrected chi connectivity index (χ0v) is 9.66.